The van der Waals surface area contributed by atoms with Crippen molar-refractivity contribution < 1.29 is 4.79 Å². The molecule has 33 heavy (non-hydrogen) atoms. The van der Waals surface area contributed by atoms with E-state index in [9.17, 15) is 4.79 Å². The van der Waals surface area contributed by atoms with Gasteiger partial charge in [-0.05, 0) is 36.3 Å². The number of hydrogen-bond donors (Lipinski definition) is 2. The number of rotatable bonds is 3. The van der Waals surface area contributed by atoms with Crippen molar-refractivity contribution in [2.24, 2.45) is 0 Å². The van der Waals surface area contributed by atoms with Crippen molar-refractivity contribution in [3.8, 4) is 0 Å². The van der Waals surface area contributed by atoms with Crippen molar-refractivity contribution in [3.05, 3.63) is 47.9 Å². The average Bonchev–Trinajstić information content (AvgIpc) is 3.52. The Morgan fingerprint density at radius 2 is 1.97 bits per heavy atom. The van der Waals surface area contributed by atoms with Crippen LogP contribution >= 0.6 is 23.1 Å². The molecule has 0 spiro atoms. The van der Waals surface area contributed by atoms with E-state index in [1.54, 1.807) is 17.7 Å². The Bertz CT molecular complexity index is 1360. The zero-order valence-corrected chi connectivity index (χ0v) is 19.6. The Hall–Kier alpha value is -3.11. The number of urea groups is 1. The van der Waals surface area contributed by atoms with Crippen molar-refractivity contribution in [3.63, 3.8) is 0 Å². The summed E-state index contributed by atoms with van der Waals surface area (Å²) in [5, 5.41) is 4.38. The molecule has 1 saturated heterocycles. The fraction of sp³-hybridized carbons (Fsp3) is 0.304. The highest BCUT2D eigenvalue weighted by Gasteiger charge is 2.25. The highest BCUT2D eigenvalue weighted by Crippen LogP contribution is 2.30. The molecule has 0 aliphatic carbocycles. The summed E-state index contributed by atoms with van der Waals surface area (Å²) in [4.78, 5) is 33.4. The van der Waals surface area contributed by atoms with Gasteiger partial charge in [-0.2, -0.15) is 11.8 Å². The van der Waals surface area contributed by atoms with Crippen molar-refractivity contribution in [2.45, 2.75) is 6.42 Å². The quantitative estimate of drug-likeness (QED) is 0.449. The van der Waals surface area contributed by atoms with Crippen molar-refractivity contribution in [1.82, 2.24) is 29.7 Å². The van der Waals surface area contributed by atoms with Crippen LogP contribution in [-0.2, 0) is 0 Å². The summed E-state index contributed by atoms with van der Waals surface area (Å²) in [6.45, 7) is 3.07. The number of nitrogens with one attached hydrogen (secondary N) is 2. The van der Waals surface area contributed by atoms with Crippen LogP contribution in [-0.4, -0.2) is 73.5 Å². The molecule has 10 heteroatoms. The van der Waals surface area contributed by atoms with E-state index in [1.165, 1.54) is 5.57 Å². The molecule has 2 aliphatic heterocycles. The van der Waals surface area contributed by atoms with Crippen LogP contribution in [0.5, 0.6) is 0 Å². The maximum Gasteiger partial charge on any atom is 0.320 e. The van der Waals surface area contributed by atoms with Crippen LogP contribution in [0.15, 0.2) is 42.2 Å². The van der Waals surface area contributed by atoms with Crippen LogP contribution in [0.3, 0.4) is 0 Å². The lowest BCUT2D eigenvalue weighted by Crippen LogP contribution is -2.47. The Morgan fingerprint density at radius 3 is 2.82 bits per heavy atom. The molecule has 5 heterocycles. The highest BCUT2D eigenvalue weighted by molar-refractivity contribution is 7.99. The first-order valence-corrected chi connectivity index (χ1v) is 13.0. The molecule has 2 N–H and O–H groups in total. The molecule has 0 unspecified atom stereocenters. The molecule has 6 rings (SSSR count). The first-order chi connectivity index (χ1) is 16.2. The number of carbonyl (C=O) groups excluding carboxylic acids is 1. The van der Waals surface area contributed by atoms with E-state index in [-0.39, 0.29) is 6.03 Å². The van der Waals surface area contributed by atoms with Gasteiger partial charge in [-0.25, -0.2) is 19.7 Å². The Morgan fingerprint density at radius 1 is 1.06 bits per heavy atom. The van der Waals surface area contributed by atoms with Gasteiger partial charge >= 0.3 is 6.03 Å². The summed E-state index contributed by atoms with van der Waals surface area (Å²) in [6, 6.07) is 8.38. The molecule has 0 radical (unpaired) electrons. The molecular formula is C23H23N7OS2. The summed E-state index contributed by atoms with van der Waals surface area (Å²) in [7, 11) is 0. The van der Waals surface area contributed by atoms with Gasteiger partial charge in [0.05, 0.1) is 21.1 Å². The monoisotopic (exact) mass is 477 g/mol. The predicted octanol–water partition coefficient (Wildman–Crippen LogP) is 4.57. The minimum atomic E-state index is 0.164. The Kier molecular flexibility index (Phi) is 5.39. The average molecular weight is 478 g/mol. The van der Waals surface area contributed by atoms with Gasteiger partial charge in [-0.1, -0.05) is 6.08 Å². The summed E-state index contributed by atoms with van der Waals surface area (Å²) >= 11 is 3.54. The summed E-state index contributed by atoms with van der Waals surface area (Å²) in [5.41, 5.74) is 6.87. The minimum absolute atomic E-state index is 0.164. The molecule has 2 amide bonds. The molecule has 168 valence electrons. The zero-order chi connectivity index (χ0) is 22.2. The number of nitrogens with zero attached hydrogens (tertiary/aromatic N) is 5. The fourth-order valence-corrected chi connectivity index (χ4v) is 5.94. The molecule has 0 saturated carbocycles. The number of hydrogen-bond acceptors (Lipinski definition) is 7. The van der Waals surface area contributed by atoms with Crippen LogP contribution in [0.1, 0.15) is 12.1 Å². The lowest BCUT2D eigenvalue weighted by atomic mass is 10.1. The Labute approximate surface area is 199 Å². The number of aromatic nitrogens is 4. The Balaban J connectivity index is 1.21. The number of H-pyrrole nitrogens is 1. The van der Waals surface area contributed by atoms with Crippen LogP contribution < -0.4 is 5.32 Å². The van der Waals surface area contributed by atoms with Gasteiger partial charge in [-0.3, -0.25) is 0 Å². The van der Waals surface area contributed by atoms with Gasteiger partial charge in [-0.15, -0.1) is 11.3 Å². The van der Waals surface area contributed by atoms with Gasteiger partial charge < -0.3 is 20.1 Å². The normalized spacial score (nSPS) is 16.9. The van der Waals surface area contributed by atoms with E-state index in [2.05, 4.69) is 43.5 Å². The molecule has 8 nitrogen and oxygen atoms in total. The zero-order valence-electron chi connectivity index (χ0n) is 18.0. The lowest BCUT2D eigenvalue weighted by molar-refractivity contribution is 0.162. The van der Waals surface area contributed by atoms with Crippen molar-refractivity contribution >= 4 is 67.5 Å². The standard InChI is InChI=1S/C23H23N7OS2/c31-23(30-7-9-32-10-8-30)29-5-3-15(4-6-29)19-12-17-21(24-13-25-22(17)28-19)27-16-1-2-18-20(11-16)33-14-26-18/h1-3,11-14H,4-10H2,(H2,24,25,27,28). The van der Waals surface area contributed by atoms with Crippen LogP contribution in [0.25, 0.3) is 26.8 Å². The second-order valence-electron chi connectivity index (χ2n) is 8.13. The first-order valence-electron chi connectivity index (χ1n) is 11.0. The third-order valence-corrected chi connectivity index (χ3v) is 7.86. The number of fused-ring (bicyclic) bond motifs is 2. The highest BCUT2D eigenvalue weighted by atomic mass is 32.2. The molecule has 2 aliphatic rings. The number of aromatic amines is 1. The molecule has 1 fully saturated rings. The fourth-order valence-electron chi connectivity index (χ4n) is 4.32. The number of thioether (sulfide) groups is 1. The van der Waals surface area contributed by atoms with E-state index in [4.69, 9.17) is 0 Å². The van der Waals surface area contributed by atoms with Gasteiger partial charge in [0.15, 0.2) is 0 Å². The molecule has 4 aromatic rings. The third-order valence-electron chi connectivity index (χ3n) is 6.13. The minimum Gasteiger partial charge on any atom is -0.340 e. The predicted molar refractivity (Wildman–Crippen MR) is 135 cm³/mol. The maximum absolute atomic E-state index is 12.8. The van der Waals surface area contributed by atoms with E-state index in [1.807, 2.05) is 39.2 Å². The lowest BCUT2D eigenvalue weighted by Gasteiger charge is -2.34. The molecule has 0 bridgehead atoms. The summed E-state index contributed by atoms with van der Waals surface area (Å²) < 4.78 is 1.13. The number of thiazole rings is 1. The molecule has 3 aromatic heterocycles. The largest absolute Gasteiger partial charge is 0.340 e. The maximum atomic E-state index is 12.8. The first kappa shape index (κ1) is 20.5. The van der Waals surface area contributed by atoms with Gasteiger partial charge in [0.25, 0.3) is 0 Å². The smallest absolute Gasteiger partial charge is 0.320 e. The third kappa shape index (κ3) is 4.04. The second-order valence-corrected chi connectivity index (χ2v) is 10.2. The summed E-state index contributed by atoms with van der Waals surface area (Å²) in [5.74, 6) is 2.83. The summed E-state index contributed by atoms with van der Waals surface area (Å²) in [6.07, 6.45) is 4.55. The SMILES string of the molecule is O=C(N1CC=C(c2cc3c(Nc4ccc5ncsc5c4)ncnc3[nH]2)CC1)N1CCSCC1. The van der Waals surface area contributed by atoms with E-state index >= 15 is 0 Å². The number of amides is 2. The molecular weight excluding hydrogens is 454 g/mol. The number of anilines is 2. The topological polar surface area (TPSA) is 90.0 Å². The van der Waals surface area contributed by atoms with E-state index < -0.39 is 0 Å². The molecule has 0 atom stereocenters. The van der Waals surface area contributed by atoms with E-state index in [0.717, 1.165) is 76.0 Å². The number of benzene rings is 1. The molecule has 1 aromatic carbocycles. The van der Waals surface area contributed by atoms with E-state index in [0.29, 0.717) is 6.54 Å². The van der Waals surface area contributed by atoms with Crippen LogP contribution in [0.4, 0.5) is 16.3 Å². The van der Waals surface area contributed by atoms with Crippen LogP contribution in [0.2, 0.25) is 0 Å². The van der Waals surface area contributed by atoms with Gasteiger partial charge in [0.2, 0.25) is 0 Å². The van der Waals surface area contributed by atoms with Crippen molar-refractivity contribution in [1.29, 1.82) is 0 Å². The van der Waals surface area contributed by atoms with Gasteiger partial charge in [0.1, 0.15) is 17.8 Å². The second kappa shape index (κ2) is 8.68. The van der Waals surface area contributed by atoms with Gasteiger partial charge in [0, 0.05) is 49.1 Å². The number of carbonyl (C=O) groups is 1. The van der Waals surface area contributed by atoms with Crippen molar-refractivity contribution in [2.75, 3.05) is 43.0 Å². The van der Waals surface area contributed by atoms with Crippen LogP contribution in [0, 0.1) is 0 Å².